The minimum atomic E-state index is 0.569. The van der Waals surface area contributed by atoms with Crippen molar-refractivity contribution in [2.75, 3.05) is 7.05 Å². The van der Waals surface area contributed by atoms with Gasteiger partial charge in [0.05, 0.1) is 0 Å². The lowest BCUT2D eigenvalue weighted by molar-refractivity contribution is 0.239. The van der Waals surface area contributed by atoms with Crippen LogP contribution in [-0.2, 0) is 0 Å². The van der Waals surface area contributed by atoms with Gasteiger partial charge in [0.1, 0.15) is 0 Å². The van der Waals surface area contributed by atoms with Crippen LogP contribution in [0.5, 0.6) is 0 Å². The molecule has 1 nitrogen and oxygen atoms in total. The summed E-state index contributed by atoms with van der Waals surface area (Å²) in [6.07, 6.45) is 4.19. The third-order valence-corrected chi connectivity index (χ3v) is 3.69. The number of rotatable bonds is 3. The van der Waals surface area contributed by atoms with E-state index in [1.54, 1.807) is 0 Å². The van der Waals surface area contributed by atoms with Crippen LogP contribution >= 0.6 is 0 Å². The van der Waals surface area contributed by atoms with Crippen molar-refractivity contribution in [1.82, 2.24) is 5.32 Å². The minimum absolute atomic E-state index is 0.569. The molecule has 82 valence electrons. The van der Waals surface area contributed by atoms with Gasteiger partial charge in [-0.2, -0.15) is 0 Å². The average molecular weight is 203 g/mol. The summed E-state index contributed by atoms with van der Waals surface area (Å²) in [6, 6.07) is 7.38. The number of hydrogen-bond acceptors (Lipinski definition) is 1. The quantitative estimate of drug-likeness (QED) is 0.794. The Morgan fingerprint density at radius 2 is 2.00 bits per heavy atom. The highest BCUT2D eigenvalue weighted by Crippen LogP contribution is 2.38. The second-order valence-corrected chi connectivity index (χ2v) is 4.82. The molecule has 0 amide bonds. The van der Waals surface area contributed by atoms with E-state index in [-0.39, 0.29) is 0 Å². The van der Waals surface area contributed by atoms with Crippen LogP contribution in [0.3, 0.4) is 0 Å². The Morgan fingerprint density at radius 1 is 1.27 bits per heavy atom. The standard InChI is InChI=1S/C14H21N/c1-10-7-8-13(11(2)9-10)14(15-3)12-5-4-6-12/h7-9,12,14-15H,4-6H2,1-3H3. The highest BCUT2D eigenvalue weighted by Gasteiger charge is 2.27. The zero-order valence-electron chi connectivity index (χ0n) is 10.0. The maximum absolute atomic E-state index is 3.48. The molecule has 1 fully saturated rings. The molecular weight excluding hydrogens is 182 g/mol. The molecule has 1 saturated carbocycles. The Bertz CT molecular complexity index is 339. The van der Waals surface area contributed by atoms with Gasteiger partial charge in [-0.05, 0) is 50.8 Å². The molecule has 2 rings (SSSR count). The van der Waals surface area contributed by atoms with E-state index >= 15 is 0 Å². The van der Waals surface area contributed by atoms with E-state index in [0.717, 1.165) is 5.92 Å². The molecular formula is C14H21N. The van der Waals surface area contributed by atoms with Gasteiger partial charge < -0.3 is 5.32 Å². The fraction of sp³-hybridized carbons (Fsp3) is 0.571. The van der Waals surface area contributed by atoms with Crippen molar-refractivity contribution in [3.05, 3.63) is 34.9 Å². The van der Waals surface area contributed by atoms with E-state index in [2.05, 4.69) is 44.4 Å². The molecule has 15 heavy (non-hydrogen) atoms. The molecule has 0 bridgehead atoms. The van der Waals surface area contributed by atoms with E-state index in [9.17, 15) is 0 Å². The van der Waals surface area contributed by atoms with Crippen molar-refractivity contribution < 1.29 is 0 Å². The number of nitrogens with one attached hydrogen (secondary N) is 1. The SMILES string of the molecule is CNC(c1ccc(C)cc1C)C1CCC1. The second kappa shape index (κ2) is 4.36. The van der Waals surface area contributed by atoms with Gasteiger partial charge in [0, 0.05) is 6.04 Å². The van der Waals surface area contributed by atoms with Gasteiger partial charge in [-0.1, -0.05) is 30.2 Å². The van der Waals surface area contributed by atoms with Crippen LogP contribution in [0.25, 0.3) is 0 Å². The number of hydrogen-bond donors (Lipinski definition) is 1. The molecule has 1 unspecified atom stereocenters. The van der Waals surface area contributed by atoms with Crippen molar-refractivity contribution in [2.45, 2.75) is 39.2 Å². The topological polar surface area (TPSA) is 12.0 Å². The van der Waals surface area contributed by atoms with Gasteiger partial charge in [-0.25, -0.2) is 0 Å². The molecule has 0 radical (unpaired) electrons. The molecule has 0 spiro atoms. The molecule has 1 aromatic rings. The third kappa shape index (κ3) is 2.07. The zero-order valence-corrected chi connectivity index (χ0v) is 10.0. The predicted molar refractivity (Wildman–Crippen MR) is 65.1 cm³/mol. The first-order valence-corrected chi connectivity index (χ1v) is 5.97. The largest absolute Gasteiger partial charge is 0.313 e. The van der Waals surface area contributed by atoms with Crippen LogP contribution in [0.1, 0.15) is 42.0 Å². The van der Waals surface area contributed by atoms with Crippen molar-refractivity contribution in [1.29, 1.82) is 0 Å². The van der Waals surface area contributed by atoms with Crippen LogP contribution in [0.4, 0.5) is 0 Å². The Hall–Kier alpha value is -0.820. The molecule has 1 N–H and O–H groups in total. The summed E-state index contributed by atoms with van der Waals surface area (Å²) in [4.78, 5) is 0. The predicted octanol–water partition coefficient (Wildman–Crippen LogP) is 3.36. The van der Waals surface area contributed by atoms with Crippen molar-refractivity contribution in [2.24, 2.45) is 5.92 Å². The van der Waals surface area contributed by atoms with E-state index < -0.39 is 0 Å². The van der Waals surface area contributed by atoms with Gasteiger partial charge in [0.2, 0.25) is 0 Å². The first kappa shape index (κ1) is 10.7. The highest BCUT2D eigenvalue weighted by atomic mass is 14.9. The van der Waals surface area contributed by atoms with Gasteiger partial charge in [0.25, 0.3) is 0 Å². The Balaban J connectivity index is 2.25. The summed E-state index contributed by atoms with van der Waals surface area (Å²) in [5.74, 6) is 0.858. The summed E-state index contributed by atoms with van der Waals surface area (Å²) in [7, 11) is 2.09. The lowest BCUT2D eigenvalue weighted by Gasteiger charge is -2.34. The molecule has 0 aromatic heterocycles. The number of aryl methyl sites for hydroxylation is 2. The maximum Gasteiger partial charge on any atom is 0.0348 e. The fourth-order valence-corrected chi connectivity index (χ4v) is 2.59. The van der Waals surface area contributed by atoms with Crippen LogP contribution in [0.15, 0.2) is 18.2 Å². The van der Waals surface area contributed by atoms with Crippen LogP contribution in [0.2, 0.25) is 0 Å². The Kier molecular flexibility index (Phi) is 3.11. The van der Waals surface area contributed by atoms with E-state index in [1.807, 2.05) is 0 Å². The summed E-state index contributed by atoms with van der Waals surface area (Å²) in [5.41, 5.74) is 4.29. The molecule has 1 atom stereocenters. The average Bonchev–Trinajstić information content (AvgIpc) is 2.12. The second-order valence-electron chi connectivity index (χ2n) is 4.82. The monoisotopic (exact) mass is 203 g/mol. The smallest absolute Gasteiger partial charge is 0.0348 e. The molecule has 0 heterocycles. The van der Waals surface area contributed by atoms with Crippen molar-refractivity contribution in [3.8, 4) is 0 Å². The first-order chi connectivity index (χ1) is 7.22. The van der Waals surface area contributed by atoms with E-state index in [1.165, 1.54) is 36.0 Å². The highest BCUT2D eigenvalue weighted by molar-refractivity contribution is 5.33. The molecule has 1 aliphatic rings. The fourth-order valence-electron chi connectivity index (χ4n) is 2.59. The van der Waals surface area contributed by atoms with Crippen molar-refractivity contribution >= 4 is 0 Å². The molecule has 1 aliphatic carbocycles. The van der Waals surface area contributed by atoms with Crippen LogP contribution < -0.4 is 5.32 Å². The van der Waals surface area contributed by atoms with Gasteiger partial charge in [-0.15, -0.1) is 0 Å². The summed E-state index contributed by atoms with van der Waals surface area (Å²) >= 11 is 0. The third-order valence-electron chi connectivity index (χ3n) is 3.69. The Morgan fingerprint density at radius 3 is 2.47 bits per heavy atom. The zero-order chi connectivity index (χ0) is 10.8. The molecule has 0 saturated heterocycles. The lowest BCUT2D eigenvalue weighted by atomic mass is 9.76. The van der Waals surface area contributed by atoms with Crippen LogP contribution in [-0.4, -0.2) is 7.05 Å². The first-order valence-electron chi connectivity index (χ1n) is 5.97. The molecule has 1 aromatic carbocycles. The van der Waals surface area contributed by atoms with Gasteiger partial charge in [0.15, 0.2) is 0 Å². The molecule has 0 aliphatic heterocycles. The maximum atomic E-state index is 3.48. The van der Waals surface area contributed by atoms with Gasteiger partial charge in [-0.3, -0.25) is 0 Å². The minimum Gasteiger partial charge on any atom is -0.313 e. The summed E-state index contributed by atoms with van der Waals surface area (Å²) in [5, 5.41) is 3.48. The number of benzene rings is 1. The summed E-state index contributed by atoms with van der Waals surface area (Å²) in [6.45, 7) is 4.39. The van der Waals surface area contributed by atoms with Gasteiger partial charge >= 0.3 is 0 Å². The van der Waals surface area contributed by atoms with E-state index in [0.29, 0.717) is 6.04 Å². The lowest BCUT2D eigenvalue weighted by Crippen LogP contribution is -2.30. The molecule has 1 heteroatoms. The summed E-state index contributed by atoms with van der Waals surface area (Å²) < 4.78 is 0. The van der Waals surface area contributed by atoms with E-state index in [4.69, 9.17) is 0 Å². The van der Waals surface area contributed by atoms with Crippen molar-refractivity contribution in [3.63, 3.8) is 0 Å². The van der Waals surface area contributed by atoms with Crippen LogP contribution in [0, 0.1) is 19.8 Å². The normalized spacial score (nSPS) is 18.6. The Labute approximate surface area is 92.9 Å².